The summed E-state index contributed by atoms with van der Waals surface area (Å²) in [5, 5.41) is 6.08. The molecule has 12 heteroatoms. The van der Waals surface area contributed by atoms with Gasteiger partial charge < -0.3 is 35.3 Å². The Labute approximate surface area is 226 Å². The molecule has 3 heterocycles. The van der Waals surface area contributed by atoms with Crippen LogP contribution in [-0.4, -0.2) is 49.7 Å². The van der Waals surface area contributed by atoms with E-state index in [1.807, 2.05) is 19.1 Å². The van der Waals surface area contributed by atoms with Gasteiger partial charge in [-0.15, -0.1) is 11.3 Å². The fourth-order valence-corrected chi connectivity index (χ4v) is 4.94. The number of carbonyl (C=O) groups excluding carboxylic acids is 3. The van der Waals surface area contributed by atoms with E-state index < -0.39 is 24.4 Å². The molecule has 200 valence electrons. The van der Waals surface area contributed by atoms with Crippen molar-refractivity contribution in [2.45, 2.75) is 6.92 Å². The Hall–Kier alpha value is -4.84. The molecule has 0 atom stereocenters. The second-order valence-corrected chi connectivity index (χ2v) is 9.50. The predicted molar refractivity (Wildman–Crippen MR) is 146 cm³/mol. The fourth-order valence-electron chi connectivity index (χ4n) is 3.90. The Morgan fingerprint density at radius 2 is 1.82 bits per heavy atom. The molecule has 1 aliphatic rings. The highest BCUT2D eigenvalue weighted by Crippen LogP contribution is 2.35. The lowest BCUT2D eigenvalue weighted by Gasteiger charge is -2.19. The molecule has 4 N–H and O–H groups in total. The number of aryl methyl sites for hydroxylation is 1. The number of nitrogens with zero attached hydrogens (tertiary/aromatic N) is 1. The molecule has 0 unspecified atom stereocenters. The summed E-state index contributed by atoms with van der Waals surface area (Å²) in [6, 6.07) is 13.0. The van der Waals surface area contributed by atoms with E-state index in [2.05, 4.69) is 15.6 Å². The van der Waals surface area contributed by atoms with Crippen LogP contribution in [0.3, 0.4) is 0 Å². The van der Waals surface area contributed by atoms with Gasteiger partial charge >= 0.3 is 5.97 Å². The van der Waals surface area contributed by atoms with Crippen molar-refractivity contribution in [2.75, 3.05) is 43.3 Å². The van der Waals surface area contributed by atoms with E-state index in [4.69, 9.17) is 24.7 Å². The first-order valence-electron chi connectivity index (χ1n) is 11.8. The number of hydrogen-bond acceptors (Lipinski definition) is 10. The molecule has 1 aliphatic heterocycles. The highest BCUT2D eigenvalue weighted by Gasteiger charge is 2.20. The molecule has 4 aromatic rings. The van der Waals surface area contributed by atoms with Gasteiger partial charge in [-0.1, -0.05) is 0 Å². The summed E-state index contributed by atoms with van der Waals surface area (Å²) in [4.78, 5) is 43.5. The largest absolute Gasteiger partial charge is 0.495 e. The van der Waals surface area contributed by atoms with Gasteiger partial charge in [-0.05, 0) is 49.4 Å². The number of hydrogen-bond donors (Lipinski definition) is 3. The van der Waals surface area contributed by atoms with Crippen molar-refractivity contribution in [3.8, 4) is 17.2 Å². The van der Waals surface area contributed by atoms with Gasteiger partial charge in [0.2, 0.25) is 0 Å². The molecule has 0 saturated carbocycles. The summed E-state index contributed by atoms with van der Waals surface area (Å²) >= 11 is 1.17. The zero-order valence-corrected chi connectivity index (χ0v) is 21.8. The lowest BCUT2D eigenvalue weighted by atomic mass is 10.1. The van der Waals surface area contributed by atoms with Crippen molar-refractivity contribution in [1.82, 2.24) is 4.98 Å². The minimum absolute atomic E-state index is 0.111. The predicted octanol–water partition coefficient (Wildman–Crippen LogP) is 4.01. The second-order valence-electron chi connectivity index (χ2n) is 8.50. The maximum absolute atomic E-state index is 13.1. The molecule has 0 bridgehead atoms. The van der Waals surface area contributed by atoms with Crippen LogP contribution in [-0.2, 0) is 9.53 Å². The van der Waals surface area contributed by atoms with Gasteiger partial charge in [0.05, 0.1) is 24.0 Å². The number of fused-ring (bicyclic) bond motifs is 2. The summed E-state index contributed by atoms with van der Waals surface area (Å²) in [5.41, 5.74) is 8.15. The van der Waals surface area contributed by atoms with Gasteiger partial charge in [0.1, 0.15) is 28.7 Å². The van der Waals surface area contributed by atoms with Crippen molar-refractivity contribution in [3.63, 3.8) is 0 Å². The van der Waals surface area contributed by atoms with Crippen LogP contribution in [0.4, 0.5) is 17.1 Å². The third-order valence-electron chi connectivity index (χ3n) is 5.78. The van der Waals surface area contributed by atoms with Gasteiger partial charge in [-0.3, -0.25) is 9.59 Å². The van der Waals surface area contributed by atoms with E-state index in [0.29, 0.717) is 52.1 Å². The molecular formula is C27H24N4O7S. The van der Waals surface area contributed by atoms with E-state index >= 15 is 0 Å². The molecule has 0 radical (unpaired) electrons. The Kier molecular flexibility index (Phi) is 7.19. The number of nitrogens with one attached hydrogen (secondary N) is 2. The Morgan fingerprint density at radius 1 is 1.03 bits per heavy atom. The summed E-state index contributed by atoms with van der Waals surface area (Å²) in [6.07, 6.45) is 0. The number of anilines is 3. The van der Waals surface area contributed by atoms with Gasteiger partial charge in [0, 0.05) is 22.8 Å². The summed E-state index contributed by atoms with van der Waals surface area (Å²) in [7, 11) is 1.44. The van der Waals surface area contributed by atoms with Gasteiger partial charge in [-0.2, -0.15) is 0 Å². The van der Waals surface area contributed by atoms with Crippen molar-refractivity contribution in [2.24, 2.45) is 0 Å². The maximum Gasteiger partial charge on any atom is 0.338 e. The van der Waals surface area contributed by atoms with E-state index in [9.17, 15) is 14.4 Å². The number of methoxy groups -OCH3 is 1. The molecule has 39 heavy (non-hydrogen) atoms. The standard InChI is InChI=1S/C27H24N4O7S/c1-14-3-6-17-23(28)24(39-26(17)29-14)25(33)31-18-11-15(4-7-19(18)35-2)27(34)38-13-22(32)30-16-5-8-20-21(12-16)37-10-9-36-20/h3-8,11-12H,9-10,13,28H2,1-2H3,(H,30,32)(H,31,33). The summed E-state index contributed by atoms with van der Waals surface area (Å²) in [5.74, 6) is -0.333. The van der Waals surface area contributed by atoms with Crippen molar-refractivity contribution in [3.05, 3.63) is 64.7 Å². The quantitative estimate of drug-likeness (QED) is 0.291. The zero-order valence-electron chi connectivity index (χ0n) is 21.0. The number of benzene rings is 2. The minimum Gasteiger partial charge on any atom is -0.495 e. The second kappa shape index (κ2) is 10.9. The number of nitrogen functional groups attached to an aromatic ring is 1. The smallest absolute Gasteiger partial charge is 0.338 e. The molecule has 0 saturated heterocycles. The number of ether oxygens (including phenoxy) is 4. The average molecular weight is 549 g/mol. The van der Waals surface area contributed by atoms with Crippen molar-refractivity contribution >= 4 is 56.4 Å². The van der Waals surface area contributed by atoms with E-state index in [1.54, 1.807) is 18.2 Å². The first-order chi connectivity index (χ1) is 18.8. The third-order valence-corrected chi connectivity index (χ3v) is 6.90. The Bertz CT molecular complexity index is 1600. The van der Waals surface area contributed by atoms with E-state index in [-0.39, 0.29) is 16.1 Å². The number of pyridine rings is 1. The van der Waals surface area contributed by atoms with Crippen LogP contribution >= 0.6 is 11.3 Å². The normalized spacial score (nSPS) is 12.1. The molecule has 11 nitrogen and oxygen atoms in total. The number of nitrogens with two attached hydrogens (primary N) is 1. The number of esters is 1. The van der Waals surface area contributed by atoms with E-state index in [1.165, 1.54) is 36.6 Å². The lowest BCUT2D eigenvalue weighted by molar-refractivity contribution is -0.119. The highest BCUT2D eigenvalue weighted by molar-refractivity contribution is 7.21. The maximum atomic E-state index is 13.1. The van der Waals surface area contributed by atoms with Crippen molar-refractivity contribution < 1.29 is 33.3 Å². The topological polar surface area (TPSA) is 151 Å². The Morgan fingerprint density at radius 3 is 2.62 bits per heavy atom. The first kappa shape index (κ1) is 25.8. The highest BCUT2D eigenvalue weighted by atomic mass is 32.1. The monoisotopic (exact) mass is 548 g/mol. The van der Waals surface area contributed by atoms with Gasteiger partial charge in [0.15, 0.2) is 18.1 Å². The van der Waals surface area contributed by atoms with Crippen LogP contribution in [0.2, 0.25) is 0 Å². The van der Waals surface area contributed by atoms with Gasteiger partial charge in [0.25, 0.3) is 11.8 Å². The van der Waals surface area contributed by atoms with Crippen LogP contribution in [0.5, 0.6) is 17.2 Å². The SMILES string of the molecule is COc1ccc(C(=O)OCC(=O)Nc2ccc3c(c2)OCCO3)cc1NC(=O)c1sc2nc(C)ccc2c1N. The number of thiophene rings is 1. The van der Waals surface area contributed by atoms with Gasteiger partial charge in [-0.25, -0.2) is 9.78 Å². The fraction of sp³-hybridized carbons (Fsp3) is 0.185. The van der Waals surface area contributed by atoms with Crippen LogP contribution in [0, 0.1) is 6.92 Å². The first-order valence-corrected chi connectivity index (χ1v) is 12.7. The molecule has 2 amide bonds. The van der Waals surface area contributed by atoms with Crippen LogP contribution < -0.4 is 30.6 Å². The molecule has 2 aromatic heterocycles. The average Bonchev–Trinajstić information content (AvgIpc) is 3.26. The lowest BCUT2D eigenvalue weighted by Crippen LogP contribution is -2.21. The molecule has 0 spiro atoms. The molecule has 2 aromatic carbocycles. The number of amides is 2. The van der Waals surface area contributed by atoms with Crippen LogP contribution in [0.15, 0.2) is 48.5 Å². The minimum atomic E-state index is -0.758. The molecule has 0 aliphatic carbocycles. The van der Waals surface area contributed by atoms with Crippen molar-refractivity contribution in [1.29, 1.82) is 0 Å². The Balaban J connectivity index is 1.25. The third kappa shape index (κ3) is 5.55. The molecular weight excluding hydrogens is 524 g/mol. The number of carbonyl (C=O) groups is 3. The number of aromatic nitrogens is 1. The van der Waals surface area contributed by atoms with Crippen LogP contribution in [0.25, 0.3) is 10.2 Å². The summed E-state index contributed by atoms with van der Waals surface area (Å²) < 4.78 is 21.5. The number of rotatable bonds is 7. The molecule has 5 rings (SSSR count). The van der Waals surface area contributed by atoms with Crippen LogP contribution in [0.1, 0.15) is 25.7 Å². The summed E-state index contributed by atoms with van der Waals surface area (Å²) in [6.45, 7) is 2.21. The zero-order chi connectivity index (χ0) is 27.5. The molecule has 0 fully saturated rings. The van der Waals surface area contributed by atoms with E-state index in [0.717, 1.165) is 5.69 Å².